The summed E-state index contributed by atoms with van der Waals surface area (Å²) in [4.78, 5) is 22.2. The molecule has 4 N–H and O–H groups in total. The minimum absolute atomic E-state index is 0.261. The fraction of sp³-hybridized carbons (Fsp3) is 0.385. The second-order valence-electron chi connectivity index (χ2n) is 4.44. The number of benzene rings is 1. The lowest BCUT2D eigenvalue weighted by atomic mass is 10.0. The van der Waals surface area contributed by atoms with E-state index in [-0.39, 0.29) is 12.3 Å². The van der Waals surface area contributed by atoms with Gasteiger partial charge in [0.15, 0.2) is 0 Å². The van der Waals surface area contributed by atoms with E-state index in [1.54, 1.807) is 6.07 Å². The van der Waals surface area contributed by atoms with Crippen LogP contribution >= 0.6 is 0 Å². The average molecular weight is 250 g/mol. The van der Waals surface area contributed by atoms with Crippen molar-refractivity contribution in [3.05, 3.63) is 29.8 Å². The molecule has 0 aliphatic heterocycles. The Kier molecular flexibility index (Phi) is 4.85. The molecule has 0 aliphatic rings. The zero-order chi connectivity index (χ0) is 13.7. The Morgan fingerprint density at radius 3 is 2.50 bits per heavy atom. The van der Waals surface area contributed by atoms with Crippen LogP contribution in [0.5, 0.6) is 0 Å². The molecular weight excluding hydrogens is 232 g/mol. The largest absolute Gasteiger partial charge is 0.481 e. The van der Waals surface area contributed by atoms with Crippen LogP contribution in [-0.2, 0) is 9.59 Å². The highest BCUT2D eigenvalue weighted by molar-refractivity contribution is 5.97. The Morgan fingerprint density at radius 2 is 1.94 bits per heavy atom. The molecule has 0 heterocycles. The first-order chi connectivity index (χ1) is 8.41. The molecule has 0 aromatic heterocycles. The Bertz CT molecular complexity index is 444. The second kappa shape index (κ2) is 6.16. The highest BCUT2D eigenvalue weighted by atomic mass is 16.4. The van der Waals surface area contributed by atoms with Gasteiger partial charge in [0.1, 0.15) is 0 Å². The number of carbonyl (C=O) groups is 2. The SMILES string of the molecule is CC(C)c1ccccc1NC(=O)C(N)CC(=O)O. The summed E-state index contributed by atoms with van der Waals surface area (Å²) in [6.07, 6.45) is -0.379. The van der Waals surface area contributed by atoms with Crippen LogP contribution in [0.1, 0.15) is 31.7 Å². The van der Waals surface area contributed by atoms with Crippen molar-refractivity contribution >= 4 is 17.6 Å². The number of rotatable bonds is 5. The zero-order valence-electron chi connectivity index (χ0n) is 10.5. The molecule has 0 spiro atoms. The van der Waals surface area contributed by atoms with E-state index >= 15 is 0 Å². The smallest absolute Gasteiger partial charge is 0.305 e. The maximum atomic E-state index is 11.7. The van der Waals surface area contributed by atoms with E-state index in [2.05, 4.69) is 5.32 Å². The van der Waals surface area contributed by atoms with Crippen molar-refractivity contribution in [2.24, 2.45) is 5.73 Å². The van der Waals surface area contributed by atoms with Crippen molar-refractivity contribution in [1.82, 2.24) is 0 Å². The topological polar surface area (TPSA) is 92.4 Å². The quantitative estimate of drug-likeness (QED) is 0.739. The predicted molar refractivity (Wildman–Crippen MR) is 69.4 cm³/mol. The third-order valence-corrected chi connectivity index (χ3v) is 2.57. The highest BCUT2D eigenvalue weighted by Gasteiger charge is 2.18. The number of carboxylic acids is 1. The lowest BCUT2D eigenvalue weighted by molar-refractivity contribution is -0.138. The lowest BCUT2D eigenvalue weighted by Gasteiger charge is -2.15. The third kappa shape index (κ3) is 3.85. The number of anilines is 1. The van der Waals surface area contributed by atoms with E-state index in [1.165, 1.54) is 0 Å². The molecule has 5 heteroatoms. The van der Waals surface area contributed by atoms with Gasteiger partial charge in [0.05, 0.1) is 12.5 Å². The average Bonchev–Trinajstić information content (AvgIpc) is 2.28. The molecule has 98 valence electrons. The first-order valence-corrected chi connectivity index (χ1v) is 5.79. The minimum Gasteiger partial charge on any atom is -0.481 e. The summed E-state index contributed by atoms with van der Waals surface area (Å²) < 4.78 is 0. The Morgan fingerprint density at radius 1 is 1.33 bits per heavy atom. The van der Waals surface area contributed by atoms with Gasteiger partial charge in [-0.3, -0.25) is 9.59 Å². The number of para-hydroxylation sites is 1. The number of aliphatic carboxylic acids is 1. The van der Waals surface area contributed by atoms with Crippen LogP contribution in [0, 0.1) is 0 Å². The van der Waals surface area contributed by atoms with Crippen LogP contribution in [0.4, 0.5) is 5.69 Å². The van der Waals surface area contributed by atoms with E-state index in [4.69, 9.17) is 10.8 Å². The normalized spacial score (nSPS) is 12.2. The molecule has 1 rings (SSSR count). The molecule has 1 aromatic carbocycles. The predicted octanol–water partition coefficient (Wildman–Crippen LogP) is 1.55. The summed E-state index contributed by atoms with van der Waals surface area (Å²) in [7, 11) is 0. The summed E-state index contributed by atoms with van der Waals surface area (Å²) in [5.41, 5.74) is 7.17. The van der Waals surface area contributed by atoms with Gasteiger partial charge < -0.3 is 16.2 Å². The van der Waals surface area contributed by atoms with Crippen LogP contribution < -0.4 is 11.1 Å². The minimum atomic E-state index is -1.09. The summed E-state index contributed by atoms with van der Waals surface area (Å²) in [6.45, 7) is 4.03. The fourth-order valence-electron chi connectivity index (χ4n) is 1.62. The molecule has 0 bridgehead atoms. The molecule has 0 aliphatic carbocycles. The van der Waals surface area contributed by atoms with Crippen molar-refractivity contribution in [3.8, 4) is 0 Å². The third-order valence-electron chi connectivity index (χ3n) is 2.57. The van der Waals surface area contributed by atoms with Crippen LogP contribution in [0.3, 0.4) is 0 Å². The number of hydrogen-bond acceptors (Lipinski definition) is 3. The number of carbonyl (C=O) groups excluding carboxylic acids is 1. The standard InChI is InChI=1S/C13H18N2O3/c1-8(2)9-5-3-4-6-11(9)15-13(18)10(14)7-12(16)17/h3-6,8,10H,7,14H2,1-2H3,(H,15,18)(H,16,17). The number of amides is 1. The van der Waals surface area contributed by atoms with Gasteiger partial charge in [0, 0.05) is 5.69 Å². The maximum absolute atomic E-state index is 11.7. The van der Waals surface area contributed by atoms with Gasteiger partial charge in [-0.15, -0.1) is 0 Å². The first kappa shape index (κ1) is 14.2. The molecule has 1 atom stereocenters. The van der Waals surface area contributed by atoms with Crippen molar-refractivity contribution in [2.75, 3.05) is 5.32 Å². The molecular formula is C13H18N2O3. The zero-order valence-corrected chi connectivity index (χ0v) is 10.5. The summed E-state index contributed by atoms with van der Waals surface area (Å²) in [5, 5.41) is 11.3. The lowest BCUT2D eigenvalue weighted by Crippen LogP contribution is -2.37. The molecule has 0 saturated carbocycles. The van der Waals surface area contributed by atoms with Gasteiger partial charge in [-0.05, 0) is 17.5 Å². The molecule has 1 unspecified atom stereocenters. The summed E-state index contributed by atoms with van der Waals surface area (Å²) in [5.74, 6) is -1.31. The van der Waals surface area contributed by atoms with Crippen LogP contribution in [0.15, 0.2) is 24.3 Å². The second-order valence-corrected chi connectivity index (χ2v) is 4.44. The van der Waals surface area contributed by atoms with Gasteiger partial charge in [0.2, 0.25) is 5.91 Å². The van der Waals surface area contributed by atoms with Crippen molar-refractivity contribution in [2.45, 2.75) is 32.2 Å². The van der Waals surface area contributed by atoms with Gasteiger partial charge in [-0.1, -0.05) is 32.0 Å². The van der Waals surface area contributed by atoms with Crippen LogP contribution in [0.25, 0.3) is 0 Å². The van der Waals surface area contributed by atoms with Crippen molar-refractivity contribution in [3.63, 3.8) is 0 Å². The number of nitrogens with two attached hydrogens (primary N) is 1. The van der Waals surface area contributed by atoms with E-state index in [1.807, 2.05) is 32.0 Å². The number of nitrogens with one attached hydrogen (secondary N) is 1. The van der Waals surface area contributed by atoms with Gasteiger partial charge in [-0.25, -0.2) is 0 Å². The molecule has 5 nitrogen and oxygen atoms in total. The Labute approximate surface area is 106 Å². The molecule has 0 radical (unpaired) electrons. The number of hydrogen-bond donors (Lipinski definition) is 3. The van der Waals surface area contributed by atoms with Gasteiger partial charge in [0.25, 0.3) is 0 Å². The Balaban J connectivity index is 2.78. The molecule has 1 aromatic rings. The van der Waals surface area contributed by atoms with Gasteiger partial charge in [-0.2, -0.15) is 0 Å². The van der Waals surface area contributed by atoms with Crippen LogP contribution in [0.2, 0.25) is 0 Å². The van der Waals surface area contributed by atoms with E-state index in [9.17, 15) is 9.59 Å². The molecule has 1 amide bonds. The fourth-order valence-corrected chi connectivity index (χ4v) is 1.62. The molecule has 18 heavy (non-hydrogen) atoms. The highest BCUT2D eigenvalue weighted by Crippen LogP contribution is 2.23. The van der Waals surface area contributed by atoms with Crippen LogP contribution in [-0.4, -0.2) is 23.0 Å². The maximum Gasteiger partial charge on any atom is 0.305 e. The summed E-state index contributed by atoms with van der Waals surface area (Å²) >= 11 is 0. The summed E-state index contributed by atoms with van der Waals surface area (Å²) in [6, 6.07) is 6.36. The van der Waals surface area contributed by atoms with E-state index in [0.29, 0.717) is 5.69 Å². The molecule has 0 fully saturated rings. The van der Waals surface area contributed by atoms with Gasteiger partial charge >= 0.3 is 5.97 Å². The van der Waals surface area contributed by atoms with Crippen molar-refractivity contribution < 1.29 is 14.7 Å². The van der Waals surface area contributed by atoms with Crippen molar-refractivity contribution in [1.29, 1.82) is 0 Å². The monoisotopic (exact) mass is 250 g/mol. The molecule has 0 saturated heterocycles. The Hall–Kier alpha value is -1.88. The van der Waals surface area contributed by atoms with E-state index < -0.39 is 17.9 Å². The first-order valence-electron chi connectivity index (χ1n) is 5.79. The van der Waals surface area contributed by atoms with E-state index in [0.717, 1.165) is 5.56 Å². The number of carboxylic acid groups (broad SMARTS) is 1.